The van der Waals surface area contributed by atoms with E-state index >= 15 is 0 Å². The van der Waals surface area contributed by atoms with Crippen molar-refractivity contribution in [3.63, 3.8) is 0 Å². The number of carbonyl (C=O) groups is 2. The number of thioether (sulfide) groups is 1. The number of nitrogens with zero attached hydrogens (tertiary/aromatic N) is 2. The molecule has 4 N–H and O–H groups in total. The van der Waals surface area contributed by atoms with E-state index in [0.717, 1.165) is 0 Å². The van der Waals surface area contributed by atoms with Gasteiger partial charge in [0.2, 0.25) is 17.0 Å². The highest BCUT2D eigenvalue weighted by Gasteiger charge is 2.17. The Morgan fingerprint density at radius 2 is 2.19 bits per heavy atom. The van der Waals surface area contributed by atoms with Crippen molar-refractivity contribution < 1.29 is 9.59 Å². The van der Waals surface area contributed by atoms with E-state index in [1.165, 1.54) is 18.7 Å². The van der Waals surface area contributed by atoms with Gasteiger partial charge in [-0.15, -0.1) is 5.10 Å². The molecule has 0 radical (unpaired) electrons. The van der Waals surface area contributed by atoms with Gasteiger partial charge in [0.1, 0.15) is 0 Å². The predicted molar refractivity (Wildman–Crippen MR) is 81.2 cm³/mol. The third-order valence-electron chi connectivity index (χ3n) is 2.67. The van der Waals surface area contributed by atoms with Crippen LogP contribution in [0.2, 0.25) is 0 Å². The van der Waals surface area contributed by atoms with Crippen LogP contribution in [0, 0.1) is 0 Å². The van der Waals surface area contributed by atoms with Crippen LogP contribution in [0.15, 0.2) is 29.4 Å². The first kappa shape index (κ1) is 15.0. The maximum atomic E-state index is 12.1. The van der Waals surface area contributed by atoms with Gasteiger partial charge in [-0.1, -0.05) is 23.9 Å². The molecule has 1 aromatic heterocycles. The lowest BCUT2D eigenvalue weighted by Crippen LogP contribution is -2.22. The quantitative estimate of drug-likeness (QED) is 0.572. The van der Waals surface area contributed by atoms with Gasteiger partial charge in [-0.3, -0.25) is 9.59 Å². The van der Waals surface area contributed by atoms with Crippen molar-refractivity contribution in [3.8, 4) is 0 Å². The van der Waals surface area contributed by atoms with Gasteiger partial charge < -0.3 is 11.1 Å². The molecule has 7 nitrogen and oxygen atoms in total. The van der Waals surface area contributed by atoms with E-state index in [4.69, 9.17) is 5.73 Å². The third-order valence-corrected chi connectivity index (χ3v) is 3.63. The monoisotopic (exact) mass is 305 g/mol. The highest BCUT2D eigenvalue weighted by atomic mass is 32.2. The first-order valence-electron chi connectivity index (χ1n) is 6.22. The van der Waals surface area contributed by atoms with Crippen molar-refractivity contribution in [3.05, 3.63) is 29.8 Å². The summed E-state index contributed by atoms with van der Waals surface area (Å²) in [5.74, 6) is -0.0481. The smallest absolute Gasteiger partial charge is 0.237 e. The molecule has 0 saturated heterocycles. The van der Waals surface area contributed by atoms with Crippen molar-refractivity contribution in [2.24, 2.45) is 0 Å². The highest BCUT2D eigenvalue weighted by Crippen LogP contribution is 2.21. The summed E-state index contributed by atoms with van der Waals surface area (Å²) < 4.78 is 0. The van der Waals surface area contributed by atoms with Crippen molar-refractivity contribution in [1.29, 1.82) is 0 Å². The summed E-state index contributed by atoms with van der Waals surface area (Å²) in [4.78, 5) is 27.3. The number of aromatic amines is 1. The Kier molecular flexibility index (Phi) is 4.59. The molecule has 0 aliphatic carbocycles. The molecule has 2 rings (SSSR count). The number of carbonyl (C=O) groups excluding carboxylic acids is 2. The number of nitrogens with one attached hydrogen (secondary N) is 2. The van der Waals surface area contributed by atoms with Gasteiger partial charge in [0.25, 0.3) is 0 Å². The molecule has 110 valence electrons. The number of amides is 1. The second-order valence-corrected chi connectivity index (χ2v) is 5.70. The molecule has 0 saturated carbocycles. The van der Waals surface area contributed by atoms with E-state index in [-0.39, 0.29) is 17.6 Å². The second kappa shape index (κ2) is 6.40. The Morgan fingerprint density at radius 3 is 2.81 bits per heavy atom. The van der Waals surface area contributed by atoms with Gasteiger partial charge in [0, 0.05) is 11.3 Å². The van der Waals surface area contributed by atoms with Crippen LogP contribution in [0.1, 0.15) is 24.2 Å². The number of anilines is 2. The van der Waals surface area contributed by atoms with Crippen LogP contribution in [0.4, 0.5) is 11.6 Å². The standard InChI is InChI=1S/C13H15N5O2S/c1-7(19)9-4-3-5-10(6-9)15-11(20)8(2)21-13-16-12(14)17-18-13/h3-6,8H,1-2H3,(H,15,20)(H3,14,16,17,18)/t8-/m0/s1. The molecule has 8 heteroatoms. The highest BCUT2D eigenvalue weighted by molar-refractivity contribution is 8.00. The molecule has 1 aromatic carbocycles. The van der Waals surface area contributed by atoms with E-state index < -0.39 is 5.25 Å². The zero-order valence-electron chi connectivity index (χ0n) is 11.6. The molecule has 0 aliphatic heterocycles. The largest absolute Gasteiger partial charge is 0.368 e. The number of nitrogens with two attached hydrogens (primary N) is 1. The van der Waals surface area contributed by atoms with Crippen molar-refractivity contribution in [2.75, 3.05) is 11.1 Å². The van der Waals surface area contributed by atoms with Crippen LogP contribution >= 0.6 is 11.8 Å². The second-order valence-electron chi connectivity index (χ2n) is 4.39. The minimum absolute atomic E-state index is 0.0512. The lowest BCUT2D eigenvalue weighted by atomic mass is 10.1. The summed E-state index contributed by atoms with van der Waals surface area (Å²) in [6.07, 6.45) is 0. The molecular formula is C13H15N5O2S. The number of ketones is 1. The van der Waals surface area contributed by atoms with Gasteiger partial charge in [-0.05, 0) is 26.0 Å². The molecule has 0 bridgehead atoms. The number of benzene rings is 1. The Labute approximate surface area is 125 Å². The number of aromatic nitrogens is 3. The zero-order valence-corrected chi connectivity index (χ0v) is 12.4. The SMILES string of the molecule is CC(=O)c1cccc(NC(=O)[C@H](C)Sc2n[nH]c(N)n2)c1. The van der Waals surface area contributed by atoms with E-state index in [1.54, 1.807) is 31.2 Å². The number of H-pyrrole nitrogens is 1. The van der Waals surface area contributed by atoms with E-state index in [9.17, 15) is 9.59 Å². The molecule has 21 heavy (non-hydrogen) atoms. The molecule has 0 fully saturated rings. The van der Waals surface area contributed by atoms with Gasteiger partial charge in [-0.2, -0.15) is 4.98 Å². The molecule has 2 aromatic rings. The average Bonchev–Trinajstić information content (AvgIpc) is 2.84. The van der Waals surface area contributed by atoms with Crippen molar-refractivity contribution in [1.82, 2.24) is 15.2 Å². The van der Waals surface area contributed by atoms with Crippen molar-refractivity contribution in [2.45, 2.75) is 24.3 Å². The Balaban J connectivity index is 2.00. The predicted octanol–water partition coefficient (Wildman–Crippen LogP) is 1.71. The molecule has 0 unspecified atom stereocenters. The number of Topliss-reactive ketones (excluding diaryl/α,β-unsaturated/α-hetero) is 1. The first-order chi connectivity index (χ1) is 9.95. The average molecular weight is 305 g/mol. The maximum Gasteiger partial charge on any atom is 0.237 e. The van der Waals surface area contributed by atoms with Crippen LogP contribution in [-0.2, 0) is 4.79 Å². The summed E-state index contributed by atoms with van der Waals surface area (Å²) in [7, 11) is 0. The van der Waals surface area contributed by atoms with Crippen LogP contribution < -0.4 is 11.1 Å². The minimum Gasteiger partial charge on any atom is -0.368 e. The summed E-state index contributed by atoms with van der Waals surface area (Å²) >= 11 is 1.19. The number of hydrogen-bond acceptors (Lipinski definition) is 6. The van der Waals surface area contributed by atoms with Gasteiger partial charge in [0.15, 0.2) is 5.78 Å². The maximum absolute atomic E-state index is 12.1. The van der Waals surface area contributed by atoms with Gasteiger partial charge in [-0.25, -0.2) is 5.10 Å². The third kappa shape index (κ3) is 4.06. The number of hydrogen-bond donors (Lipinski definition) is 3. The summed E-state index contributed by atoms with van der Waals surface area (Å²) in [5.41, 5.74) is 6.55. The zero-order chi connectivity index (χ0) is 15.4. The molecule has 0 aliphatic rings. The molecular weight excluding hydrogens is 290 g/mol. The summed E-state index contributed by atoms with van der Waals surface area (Å²) in [5, 5.41) is 9.13. The summed E-state index contributed by atoms with van der Waals surface area (Å²) in [6, 6.07) is 6.79. The molecule has 1 amide bonds. The topological polar surface area (TPSA) is 114 Å². The molecule has 1 atom stereocenters. The van der Waals surface area contributed by atoms with Crippen molar-refractivity contribution >= 4 is 35.1 Å². The Hall–Kier alpha value is -2.35. The first-order valence-corrected chi connectivity index (χ1v) is 7.10. The van der Waals surface area contributed by atoms with Crippen LogP contribution in [0.5, 0.6) is 0 Å². The van der Waals surface area contributed by atoms with Gasteiger partial charge in [0.05, 0.1) is 5.25 Å². The molecule has 0 spiro atoms. The lowest BCUT2D eigenvalue weighted by molar-refractivity contribution is -0.115. The van der Waals surface area contributed by atoms with E-state index in [1.807, 2.05) is 0 Å². The fourth-order valence-corrected chi connectivity index (χ4v) is 2.31. The lowest BCUT2D eigenvalue weighted by Gasteiger charge is -2.10. The normalized spacial score (nSPS) is 11.9. The Bertz CT molecular complexity index is 670. The van der Waals surface area contributed by atoms with Gasteiger partial charge >= 0.3 is 0 Å². The van der Waals surface area contributed by atoms with Crippen LogP contribution in [-0.4, -0.2) is 32.1 Å². The minimum atomic E-state index is -0.402. The van der Waals surface area contributed by atoms with Crippen LogP contribution in [0.3, 0.4) is 0 Å². The van der Waals surface area contributed by atoms with E-state index in [0.29, 0.717) is 16.4 Å². The Morgan fingerprint density at radius 1 is 1.43 bits per heavy atom. The summed E-state index contributed by atoms with van der Waals surface area (Å²) in [6.45, 7) is 3.22. The molecule has 1 heterocycles. The number of nitrogen functional groups attached to an aromatic ring is 1. The fourth-order valence-electron chi connectivity index (χ4n) is 1.58. The van der Waals surface area contributed by atoms with E-state index in [2.05, 4.69) is 20.5 Å². The number of rotatable bonds is 5. The van der Waals surface area contributed by atoms with Crippen LogP contribution in [0.25, 0.3) is 0 Å². The fraction of sp³-hybridized carbons (Fsp3) is 0.231.